The van der Waals surface area contributed by atoms with Gasteiger partial charge >= 0.3 is 0 Å². The smallest absolute Gasteiger partial charge is 0.270 e. The van der Waals surface area contributed by atoms with Crippen LogP contribution in [0.15, 0.2) is 24.3 Å². The Morgan fingerprint density at radius 2 is 2.20 bits per heavy atom. The maximum atomic E-state index is 14.0. The second-order valence-electron chi connectivity index (χ2n) is 4.84. The van der Waals surface area contributed by atoms with Crippen LogP contribution in [0.4, 0.5) is 10.1 Å². The lowest BCUT2D eigenvalue weighted by Crippen LogP contribution is -2.35. The Morgan fingerprint density at radius 1 is 1.45 bits per heavy atom. The van der Waals surface area contributed by atoms with Crippen LogP contribution in [-0.2, 0) is 0 Å². The van der Waals surface area contributed by atoms with Gasteiger partial charge in [-0.15, -0.1) is 0 Å². The summed E-state index contributed by atoms with van der Waals surface area (Å²) in [5, 5.41) is 13.5. The van der Waals surface area contributed by atoms with Crippen molar-refractivity contribution >= 4 is 11.6 Å². The number of hydrogen-bond acceptors (Lipinski definition) is 3. The molecule has 0 saturated carbocycles. The van der Waals surface area contributed by atoms with Crippen LogP contribution in [0.2, 0.25) is 0 Å². The molecule has 1 aliphatic rings. The number of aryl methyl sites for hydroxylation is 1. The summed E-state index contributed by atoms with van der Waals surface area (Å²) in [5.74, 6) is -1.31. The van der Waals surface area contributed by atoms with Crippen molar-refractivity contribution in [1.29, 1.82) is 0 Å². The third-order valence-corrected chi connectivity index (χ3v) is 3.30. The largest absolute Gasteiger partial charge is 0.349 e. The molecule has 0 fully saturated rings. The molecule has 5 nitrogen and oxygen atoms in total. The molecular weight excluding hydrogens is 263 g/mol. The maximum Gasteiger partial charge on any atom is 0.270 e. The van der Waals surface area contributed by atoms with Gasteiger partial charge in [-0.05, 0) is 31.7 Å². The minimum atomic E-state index is -0.709. The van der Waals surface area contributed by atoms with Gasteiger partial charge in [0.25, 0.3) is 11.6 Å². The van der Waals surface area contributed by atoms with Gasteiger partial charge in [0.05, 0.1) is 10.5 Å². The fourth-order valence-corrected chi connectivity index (χ4v) is 2.21. The van der Waals surface area contributed by atoms with E-state index in [9.17, 15) is 19.3 Å². The molecule has 2 rings (SSSR count). The molecule has 1 amide bonds. The molecule has 0 aliphatic heterocycles. The number of rotatable bonds is 3. The summed E-state index contributed by atoms with van der Waals surface area (Å²) in [6.07, 6.45) is 6.34. The molecule has 6 heteroatoms. The number of nitro benzene ring substituents is 1. The molecule has 106 valence electrons. The van der Waals surface area contributed by atoms with Gasteiger partial charge in [0.15, 0.2) is 0 Å². The van der Waals surface area contributed by atoms with Crippen molar-refractivity contribution < 1.29 is 14.1 Å². The first kappa shape index (κ1) is 14.2. The minimum Gasteiger partial charge on any atom is -0.349 e. The van der Waals surface area contributed by atoms with Crippen LogP contribution < -0.4 is 5.32 Å². The van der Waals surface area contributed by atoms with E-state index in [0.717, 1.165) is 25.0 Å². The number of nitro groups is 1. The standard InChI is InChI=1S/C14H15FN2O3/c1-9-7-11(17(19)20)8-12(13(9)15)14(18)16-10-5-3-2-4-6-10/h2-3,7-8,10H,4-6H2,1H3,(H,16,18). The van der Waals surface area contributed by atoms with Crippen molar-refractivity contribution in [2.75, 3.05) is 0 Å². The number of allylic oxidation sites excluding steroid dienone is 1. The van der Waals surface area contributed by atoms with Gasteiger partial charge in [-0.25, -0.2) is 4.39 Å². The first-order chi connectivity index (χ1) is 9.49. The minimum absolute atomic E-state index is 0.0496. The molecule has 20 heavy (non-hydrogen) atoms. The number of carbonyl (C=O) groups is 1. The number of amides is 1. The summed E-state index contributed by atoms with van der Waals surface area (Å²) in [7, 11) is 0. The second kappa shape index (κ2) is 5.81. The molecular formula is C14H15FN2O3. The number of nitrogens with one attached hydrogen (secondary N) is 1. The highest BCUT2D eigenvalue weighted by atomic mass is 19.1. The maximum absolute atomic E-state index is 14.0. The van der Waals surface area contributed by atoms with Crippen molar-refractivity contribution in [2.24, 2.45) is 0 Å². The van der Waals surface area contributed by atoms with Crippen LogP contribution in [0.3, 0.4) is 0 Å². The molecule has 1 aliphatic carbocycles. The van der Waals surface area contributed by atoms with E-state index in [0.29, 0.717) is 6.42 Å². The highest BCUT2D eigenvalue weighted by Crippen LogP contribution is 2.21. The molecule has 0 saturated heterocycles. The van der Waals surface area contributed by atoms with Gasteiger partial charge in [-0.1, -0.05) is 12.2 Å². The van der Waals surface area contributed by atoms with Gasteiger partial charge in [0, 0.05) is 18.2 Å². The highest BCUT2D eigenvalue weighted by molar-refractivity contribution is 5.95. The Kier molecular flexibility index (Phi) is 4.12. The number of hydrogen-bond donors (Lipinski definition) is 1. The van der Waals surface area contributed by atoms with Gasteiger partial charge in [-0.3, -0.25) is 14.9 Å². The molecule has 1 unspecified atom stereocenters. The van der Waals surface area contributed by atoms with Crippen molar-refractivity contribution in [2.45, 2.75) is 32.2 Å². The Hall–Kier alpha value is -2.24. The third kappa shape index (κ3) is 3.01. The van der Waals surface area contributed by atoms with E-state index in [2.05, 4.69) is 5.32 Å². The zero-order valence-electron chi connectivity index (χ0n) is 11.1. The summed E-state index contributed by atoms with van der Waals surface area (Å²) in [6, 6.07) is 2.05. The molecule has 0 aromatic heterocycles. The zero-order valence-corrected chi connectivity index (χ0v) is 11.1. The van der Waals surface area contributed by atoms with Gasteiger partial charge in [-0.2, -0.15) is 0 Å². The lowest BCUT2D eigenvalue weighted by atomic mass is 10.0. The second-order valence-corrected chi connectivity index (χ2v) is 4.84. The lowest BCUT2D eigenvalue weighted by Gasteiger charge is -2.19. The number of carbonyl (C=O) groups excluding carboxylic acids is 1. The fraction of sp³-hybridized carbons (Fsp3) is 0.357. The van der Waals surface area contributed by atoms with Gasteiger partial charge < -0.3 is 5.32 Å². The number of benzene rings is 1. The fourth-order valence-electron chi connectivity index (χ4n) is 2.21. The van der Waals surface area contributed by atoms with E-state index in [4.69, 9.17) is 0 Å². The predicted octanol–water partition coefficient (Wildman–Crippen LogP) is 2.88. The SMILES string of the molecule is Cc1cc([N+](=O)[O-])cc(C(=O)NC2CC=CCC2)c1F. The Balaban J connectivity index is 2.24. The Bertz CT molecular complexity index is 584. The zero-order chi connectivity index (χ0) is 14.7. The molecule has 1 aromatic rings. The first-order valence-electron chi connectivity index (χ1n) is 6.39. The van der Waals surface area contributed by atoms with Crippen LogP contribution in [-0.4, -0.2) is 16.9 Å². The van der Waals surface area contributed by atoms with E-state index in [1.54, 1.807) is 0 Å². The van der Waals surface area contributed by atoms with Crippen LogP contribution in [0.25, 0.3) is 0 Å². The van der Waals surface area contributed by atoms with Crippen LogP contribution in [0.1, 0.15) is 35.2 Å². The summed E-state index contributed by atoms with van der Waals surface area (Å²) < 4.78 is 14.0. The Labute approximate surface area is 115 Å². The average molecular weight is 278 g/mol. The number of nitrogens with zero attached hydrogens (tertiary/aromatic N) is 1. The van der Waals surface area contributed by atoms with Crippen LogP contribution >= 0.6 is 0 Å². The molecule has 0 radical (unpaired) electrons. The highest BCUT2D eigenvalue weighted by Gasteiger charge is 2.21. The summed E-state index contributed by atoms with van der Waals surface area (Å²) in [5.41, 5.74) is -0.461. The summed E-state index contributed by atoms with van der Waals surface area (Å²) in [4.78, 5) is 22.2. The van der Waals surface area contributed by atoms with Crippen molar-refractivity contribution in [3.8, 4) is 0 Å². The van der Waals surface area contributed by atoms with E-state index in [-0.39, 0.29) is 22.9 Å². The molecule has 1 atom stereocenters. The van der Waals surface area contributed by atoms with Crippen LogP contribution in [0, 0.1) is 22.9 Å². The van der Waals surface area contributed by atoms with E-state index < -0.39 is 16.6 Å². The third-order valence-electron chi connectivity index (χ3n) is 3.30. The molecule has 0 spiro atoms. The molecule has 0 bridgehead atoms. The monoisotopic (exact) mass is 278 g/mol. The van der Waals surface area contributed by atoms with Gasteiger partial charge in [0.2, 0.25) is 0 Å². The van der Waals surface area contributed by atoms with Crippen molar-refractivity contribution in [3.05, 3.63) is 51.3 Å². The van der Waals surface area contributed by atoms with E-state index in [1.165, 1.54) is 6.92 Å². The quantitative estimate of drug-likeness (QED) is 0.525. The molecule has 1 N–H and O–H groups in total. The number of non-ortho nitro benzene ring substituents is 1. The Morgan fingerprint density at radius 3 is 2.80 bits per heavy atom. The topological polar surface area (TPSA) is 72.2 Å². The predicted molar refractivity (Wildman–Crippen MR) is 72.0 cm³/mol. The van der Waals surface area contributed by atoms with Crippen molar-refractivity contribution in [3.63, 3.8) is 0 Å². The first-order valence-corrected chi connectivity index (χ1v) is 6.39. The average Bonchev–Trinajstić information content (AvgIpc) is 2.42. The normalized spacial score (nSPS) is 17.8. The van der Waals surface area contributed by atoms with E-state index in [1.807, 2.05) is 12.2 Å². The lowest BCUT2D eigenvalue weighted by molar-refractivity contribution is -0.385. The van der Waals surface area contributed by atoms with Crippen molar-refractivity contribution in [1.82, 2.24) is 5.32 Å². The summed E-state index contributed by atoms with van der Waals surface area (Å²) >= 11 is 0. The summed E-state index contributed by atoms with van der Waals surface area (Å²) in [6.45, 7) is 1.41. The number of halogens is 1. The van der Waals surface area contributed by atoms with E-state index >= 15 is 0 Å². The molecule has 1 aromatic carbocycles. The van der Waals surface area contributed by atoms with Gasteiger partial charge in [0.1, 0.15) is 5.82 Å². The van der Waals surface area contributed by atoms with Crippen LogP contribution in [0.5, 0.6) is 0 Å². The molecule has 0 heterocycles.